The first kappa shape index (κ1) is 15.7. The van der Waals surface area contributed by atoms with Crippen molar-refractivity contribution in [2.75, 3.05) is 23.3 Å². The smallest absolute Gasteiger partial charge is 0.229 e. The van der Waals surface area contributed by atoms with Gasteiger partial charge in [0.2, 0.25) is 11.9 Å². The predicted molar refractivity (Wildman–Crippen MR) is 87.0 cm³/mol. The minimum Gasteiger partial charge on any atom is -0.340 e. The molecule has 1 saturated heterocycles. The van der Waals surface area contributed by atoms with Gasteiger partial charge in [-0.25, -0.2) is 14.4 Å². The summed E-state index contributed by atoms with van der Waals surface area (Å²) in [5, 5.41) is 2.62. The molecule has 120 valence electrons. The second-order valence-electron chi connectivity index (χ2n) is 5.42. The average Bonchev–Trinajstić information content (AvgIpc) is 2.60. The number of hydrogen-bond donors (Lipinski definition) is 1. The Bertz CT molecular complexity index is 698. The van der Waals surface area contributed by atoms with E-state index in [2.05, 4.69) is 15.3 Å². The van der Waals surface area contributed by atoms with E-state index in [-0.39, 0.29) is 22.5 Å². The second kappa shape index (κ2) is 6.91. The number of piperidine rings is 1. The minimum absolute atomic E-state index is 0.00856. The number of anilines is 2. The van der Waals surface area contributed by atoms with Crippen LogP contribution >= 0.6 is 11.6 Å². The molecule has 1 fully saturated rings. The van der Waals surface area contributed by atoms with Gasteiger partial charge in [0.15, 0.2) is 5.82 Å². The average molecular weight is 335 g/mol. The minimum atomic E-state index is -0.610. The predicted octanol–water partition coefficient (Wildman–Crippen LogP) is 3.12. The quantitative estimate of drug-likeness (QED) is 0.937. The van der Waals surface area contributed by atoms with Gasteiger partial charge in [0.25, 0.3) is 0 Å². The van der Waals surface area contributed by atoms with Crippen molar-refractivity contribution in [1.82, 2.24) is 9.97 Å². The Morgan fingerprint density at radius 2 is 2.09 bits per heavy atom. The van der Waals surface area contributed by atoms with Crippen LogP contribution in [-0.4, -0.2) is 29.0 Å². The largest absolute Gasteiger partial charge is 0.340 e. The van der Waals surface area contributed by atoms with E-state index in [4.69, 9.17) is 11.6 Å². The van der Waals surface area contributed by atoms with Crippen molar-refractivity contribution in [3.05, 3.63) is 47.5 Å². The van der Waals surface area contributed by atoms with Crippen molar-refractivity contribution < 1.29 is 9.18 Å². The summed E-state index contributed by atoms with van der Waals surface area (Å²) in [7, 11) is 0. The van der Waals surface area contributed by atoms with Gasteiger partial charge < -0.3 is 10.2 Å². The maximum Gasteiger partial charge on any atom is 0.229 e. The van der Waals surface area contributed by atoms with Crippen molar-refractivity contribution in [1.29, 1.82) is 0 Å². The molecule has 1 aliphatic heterocycles. The number of amides is 1. The number of hydrogen-bond acceptors (Lipinski definition) is 4. The molecule has 1 aliphatic rings. The first-order valence-corrected chi connectivity index (χ1v) is 7.80. The molecule has 3 rings (SSSR count). The van der Waals surface area contributed by atoms with Crippen LogP contribution in [0.2, 0.25) is 5.02 Å². The highest BCUT2D eigenvalue weighted by molar-refractivity contribution is 6.31. The van der Waals surface area contributed by atoms with Gasteiger partial charge in [0.05, 0.1) is 16.6 Å². The maximum atomic E-state index is 13.9. The molecule has 1 N–H and O–H groups in total. The Labute approximate surface area is 138 Å². The standard InChI is InChI=1S/C16H16ClFN4O/c17-12-5-1-6-13(14(12)18)21-15(23)11-4-2-9-22(10-11)16-19-7-3-8-20-16/h1,3,5-8,11H,2,4,9-10H2,(H,21,23). The summed E-state index contributed by atoms with van der Waals surface area (Å²) in [6.07, 6.45) is 4.95. The van der Waals surface area contributed by atoms with Crippen LogP contribution in [0.3, 0.4) is 0 Å². The van der Waals surface area contributed by atoms with Gasteiger partial charge >= 0.3 is 0 Å². The van der Waals surface area contributed by atoms with Crippen LogP contribution in [0.25, 0.3) is 0 Å². The Morgan fingerprint density at radius 3 is 2.87 bits per heavy atom. The van der Waals surface area contributed by atoms with E-state index in [1.165, 1.54) is 12.1 Å². The fraction of sp³-hybridized carbons (Fsp3) is 0.312. The van der Waals surface area contributed by atoms with Crippen LogP contribution in [-0.2, 0) is 4.79 Å². The number of nitrogens with zero attached hydrogens (tertiary/aromatic N) is 3. The lowest BCUT2D eigenvalue weighted by atomic mass is 9.97. The van der Waals surface area contributed by atoms with Crippen molar-refractivity contribution in [2.24, 2.45) is 5.92 Å². The number of carbonyl (C=O) groups excluding carboxylic acids is 1. The van der Waals surface area contributed by atoms with Crippen LogP contribution in [0.5, 0.6) is 0 Å². The Balaban J connectivity index is 1.69. The molecule has 5 nitrogen and oxygen atoms in total. The van der Waals surface area contributed by atoms with Crippen LogP contribution < -0.4 is 10.2 Å². The summed E-state index contributed by atoms with van der Waals surface area (Å²) in [4.78, 5) is 22.8. The lowest BCUT2D eigenvalue weighted by Gasteiger charge is -2.31. The molecule has 2 aromatic rings. The molecular weight excluding hydrogens is 319 g/mol. The van der Waals surface area contributed by atoms with Gasteiger partial charge in [-0.15, -0.1) is 0 Å². The van der Waals surface area contributed by atoms with Crippen LogP contribution in [0.15, 0.2) is 36.7 Å². The van der Waals surface area contributed by atoms with Crippen LogP contribution in [0.4, 0.5) is 16.0 Å². The normalized spacial score (nSPS) is 17.8. The summed E-state index contributed by atoms with van der Waals surface area (Å²) < 4.78 is 13.9. The Morgan fingerprint density at radius 1 is 1.30 bits per heavy atom. The zero-order chi connectivity index (χ0) is 16.2. The first-order valence-electron chi connectivity index (χ1n) is 7.42. The molecule has 0 aliphatic carbocycles. The highest BCUT2D eigenvalue weighted by Crippen LogP contribution is 2.25. The molecule has 1 atom stereocenters. The highest BCUT2D eigenvalue weighted by atomic mass is 35.5. The summed E-state index contributed by atoms with van der Waals surface area (Å²) in [6, 6.07) is 6.30. The van der Waals surface area contributed by atoms with Gasteiger partial charge in [-0.3, -0.25) is 4.79 Å². The number of aromatic nitrogens is 2. The molecule has 0 saturated carbocycles. The number of benzene rings is 1. The van der Waals surface area contributed by atoms with E-state index >= 15 is 0 Å². The number of rotatable bonds is 3. The number of nitrogens with one attached hydrogen (secondary N) is 1. The molecule has 7 heteroatoms. The van der Waals surface area contributed by atoms with Crippen molar-refractivity contribution >= 4 is 29.1 Å². The van der Waals surface area contributed by atoms with Gasteiger partial charge in [-0.1, -0.05) is 17.7 Å². The topological polar surface area (TPSA) is 58.1 Å². The second-order valence-corrected chi connectivity index (χ2v) is 5.83. The van der Waals surface area contributed by atoms with Gasteiger partial charge in [-0.05, 0) is 31.0 Å². The van der Waals surface area contributed by atoms with Crippen molar-refractivity contribution in [3.8, 4) is 0 Å². The van der Waals surface area contributed by atoms with Crippen molar-refractivity contribution in [2.45, 2.75) is 12.8 Å². The first-order chi connectivity index (χ1) is 11.1. The third-order valence-electron chi connectivity index (χ3n) is 3.84. The van der Waals surface area contributed by atoms with E-state index in [1.54, 1.807) is 24.5 Å². The maximum absolute atomic E-state index is 13.9. The molecule has 1 amide bonds. The van der Waals surface area contributed by atoms with Crippen LogP contribution in [0.1, 0.15) is 12.8 Å². The summed E-state index contributed by atoms with van der Waals surface area (Å²) in [6.45, 7) is 1.32. The molecule has 1 unspecified atom stereocenters. The monoisotopic (exact) mass is 334 g/mol. The van der Waals surface area contributed by atoms with E-state index in [0.717, 1.165) is 19.4 Å². The fourth-order valence-corrected chi connectivity index (χ4v) is 2.84. The fourth-order valence-electron chi connectivity index (χ4n) is 2.66. The van der Waals surface area contributed by atoms with E-state index in [1.807, 2.05) is 4.90 Å². The third kappa shape index (κ3) is 3.59. The summed E-state index contributed by atoms with van der Waals surface area (Å²) in [5.41, 5.74) is 0.107. The molecule has 0 bridgehead atoms. The van der Waals surface area contributed by atoms with Gasteiger partial charge in [0.1, 0.15) is 0 Å². The van der Waals surface area contributed by atoms with E-state index < -0.39 is 5.82 Å². The lowest BCUT2D eigenvalue weighted by molar-refractivity contribution is -0.120. The van der Waals surface area contributed by atoms with Gasteiger partial charge in [-0.2, -0.15) is 0 Å². The molecule has 23 heavy (non-hydrogen) atoms. The Hall–Kier alpha value is -2.21. The molecule has 0 radical (unpaired) electrons. The summed E-state index contributed by atoms with van der Waals surface area (Å²) in [5.74, 6) is -0.460. The Kier molecular flexibility index (Phi) is 4.71. The molecular formula is C16H16ClFN4O. The zero-order valence-electron chi connectivity index (χ0n) is 12.4. The van der Waals surface area contributed by atoms with Crippen molar-refractivity contribution in [3.63, 3.8) is 0 Å². The third-order valence-corrected chi connectivity index (χ3v) is 4.13. The van der Waals surface area contributed by atoms with E-state index in [9.17, 15) is 9.18 Å². The SMILES string of the molecule is O=C(Nc1cccc(Cl)c1F)C1CCCN(c2ncccn2)C1. The summed E-state index contributed by atoms with van der Waals surface area (Å²) >= 11 is 5.74. The van der Waals surface area contributed by atoms with E-state index in [0.29, 0.717) is 12.5 Å². The number of halogens is 2. The lowest BCUT2D eigenvalue weighted by Crippen LogP contribution is -2.41. The molecule has 1 aromatic carbocycles. The molecule has 1 aromatic heterocycles. The number of carbonyl (C=O) groups is 1. The zero-order valence-corrected chi connectivity index (χ0v) is 13.1. The van der Waals surface area contributed by atoms with Crippen LogP contribution in [0, 0.1) is 11.7 Å². The highest BCUT2D eigenvalue weighted by Gasteiger charge is 2.27. The van der Waals surface area contributed by atoms with Gasteiger partial charge in [0, 0.05) is 25.5 Å². The molecule has 2 heterocycles. The molecule has 0 spiro atoms.